The molecule has 160 valence electrons. The van der Waals surface area contributed by atoms with Gasteiger partial charge in [-0.3, -0.25) is 4.79 Å². The number of carbonyl (C=O) groups excluding carboxylic acids is 3. The van der Waals surface area contributed by atoms with Crippen molar-refractivity contribution in [3.8, 4) is 0 Å². The predicted molar refractivity (Wildman–Crippen MR) is 113 cm³/mol. The fourth-order valence-electron chi connectivity index (χ4n) is 2.85. The molecular formula is C23H28N2O5. The van der Waals surface area contributed by atoms with Crippen LogP contribution in [-0.4, -0.2) is 36.7 Å². The first kappa shape index (κ1) is 22.9. The second kappa shape index (κ2) is 11.0. The number of methoxy groups -OCH3 is 1. The molecule has 7 nitrogen and oxygen atoms in total. The van der Waals surface area contributed by atoms with Crippen molar-refractivity contribution in [1.82, 2.24) is 10.6 Å². The number of hydrogen-bond acceptors (Lipinski definition) is 5. The van der Waals surface area contributed by atoms with Gasteiger partial charge in [0.05, 0.1) is 7.11 Å². The topological polar surface area (TPSA) is 93.7 Å². The molecule has 0 spiro atoms. The number of hydrogen-bond donors (Lipinski definition) is 2. The van der Waals surface area contributed by atoms with E-state index < -0.39 is 29.6 Å². The molecule has 0 aliphatic carbocycles. The first-order chi connectivity index (χ1) is 14.3. The Morgan fingerprint density at radius 3 is 2.10 bits per heavy atom. The van der Waals surface area contributed by atoms with E-state index in [1.807, 2.05) is 60.7 Å². The van der Waals surface area contributed by atoms with Crippen LogP contribution in [-0.2, 0) is 32.1 Å². The number of esters is 1. The van der Waals surface area contributed by atoms with Crippen molar-refractivity contribution < 1.29 is 23.9 Å². The van der Waals surface area contributed by atoms with E-state index in [4.69, 9.17) is 4.74 Å². The molecule has 2 atom stereocenters. The highest BCUT2D eigenvalue weighted by atomic mass is 16.5. The zero-order valence-corrected chi connectivity index (χ0v) is 17.5. The minimum absolute atomic E-state index is 0.0849. The summed E-state index contributed by atoms with van der Waals surface area (Å²) in [5.74, 6) is -1.06. The lowest BCUT2D eigenvalue weighted by Crippen LogP contribution is -2.59. The Morgan fingerprint density at radius 2 is 1.53 bits per heavy atom. The van der Waals surface area contributed by atoms with Gasteiger partial charge in [-0.2, -0.15) is 0 Å². The number of amides is 2. The van der Waals surface area contributed by atoms with E-state index >= 15 is 0 Å². The van der Waals surface area contributed by atoms with Crippen LogP contribution in [0.3, 0.4) is 0 Å². The largest absolute Gasteiger partial charge is 0.467 e. The maximum Gasteiger partial charge on any atom is 0.408 e. The predicted octanol–water partition coefficient (Wildman–Crippen LogP) is 2.98. The zero-order valence-electron chi connectivity index (χ0n) is 17.5. The first-order valence-electron chi connectivity index (χ1n) is 9.75. The molecule has 0 saturated heterocycles. The van der Waals surface area contributed by atoms with Crippen LogP contribution < -0.4 is 10.6 Å². The van der Waals surface area contributed by atoms with Gasteiger partial charge in [-0.1, -0.05) is 60.7 Å². The third-order valence-electron chi connectivity index (χ3n) is 4.75. The summed E-state index contributed by atoms with van der Waals surface area (Å²) < 4.78 is 9.94. The van der Waals surface area contributed by atoms with E-state index in [-0.39, 0.29) is 6.61 Å². The van der Waals surface area contributed by atoms with Crippen LogP contribution in [0.25, 0.3) is 0 Å². The molecule has 7 heteroatoms. The molecule has 0 aliphatic heterocycles. The fourth-order valence-corrected chi connectivity index (χ4v) is 2.85. The average Bonchev–Trinajstić information content (AvgIpc) is 2.77. The van der Waals surface area contributed by atoms with Gasteiger partial charge in [0.25, 0.3) is 0 Å². The van der Waals surface area contributed by atoms with E-state index in [1.54, 1.807) is 6.92 Å². The molecule has 2 aromatic carbocycles. The lowest BCUT2D eigenvalue weighted by Gasteiger charge is -2.30. The van der Waals surface area contributed by atoms with Gasteiger partial charge in [0.1, 0.15) is 18.2 Å². The third-order valence-corrected chi connectivity index (χ3v) is 4.75. The van der Waals surface area contributed by atoms with Gasteiger partial charge in [0, 0.05) is 0 Å². The molecule has 2 amide bonds. The van der Waals surface area contributed by atoms with Crippen LogP contribution in [0, 0.1) is 0 Å². The Bertz CT molecular complexity index is 841. The molecule has 2 N–H and O–H groups in total. The summed E-state index contributed by atoms with van der Waals surface area (Å²) in [6.45, 7) is 3.22. The van der Waals surface area contributed by atoms with Crippen molar-refractivity contribution in [3.63, 3.8) is 0 Å². The zero-order chi connectivity index (χ0) is 22.0. The van der Waals surface area contributed by atoms with Gasteiger partial charge >= 0.3 is 12.1 Å². The van der Waals surface area contributed by atoms with Gasteiger partial charge in [-0.05, 0) is 37.8 Å². The highest BCUT2D eigenvalue weighted by Gasteiger charge is 2.36. The Labute approximate surface area is 176 Å². The smallest absolute Gasteiger partial charge is 0.408 e. The van der Waals surface area contributed by atoms with Crippen LogP contribution >= 0.6 is 0 Å². The van der Waals surface area contributed by atoms with Crippen LogP contribution in [0.15, 0.2) is 60.7 Å². The minimum Gasteiger partial charge on any atom is -0.467 e. The van der Waals surface area contributed by atoms with Crippen molar-refractivity contribution in [2.75, 3.05) is 7.11 Å². The van der Waals surface area contributed by atoms with Crippen molar-refractivity contribution >= 4 is 18.0 Å². The molecular weight excluding hydrogens is 384 g/mol. The molecule has 0 bridgehead atoms. The summed E-state index contributed by atoms with van der Waals surface area (Å²) in [7, 11) is 1.25. The summed E-state index contributed by atoms with van der Waals surface area (Å²) >= 11 is 0. The Morgan fingerprint density at radius 1 is 0.967 bits per heavy atom. The van der Waals surface area contributed by atoms with Gasteiger partial charge in [-0.25, -0.2) is 9.59 Å². The number of benzene rings is 2. The monoisotopic (exact) mass is 412 g/mol. The molecule has 0 saturated carbocycles. The molecule has 2 aromatic rings. The van der Waals surface area contributed by atoms with Crippen molar-refractivity contribution in [1.29, 1.82) is 0 Å². The second-order valence-corrected chi connectivity index (χ2v) is 7.22. The van der Waals surface area contributed by atoms with Crippen molar-refractivity contribution in [2.24, 2.45) is 0 Å². The van der Waals surface area contributed by atoms with Crippen LogP contribution in [0.2, 0.25) is 0 Å². The van der Waals surface area contributed by atoms with Gasteiger partial charge in [0.2, 0.25) is 5.91 Å². The molecule has 0 radical (unpaired) electrons. The Hall–Kier alpha value is -3.35. The number of nitrogens with one attached hydrogen (secondary N) is 2. The van der Waals surface area contributed by atoms with E-state index in [0.717, 1.165) is 11.1 Å². The third kappa shape index (κ3) is 6.92. The highest BCUT2D eigenvalue weighted by molar-refractivity contribution is 5.92. The van der Waals surface area contributed by atoms with E-state index in [2.05, 4.69) is 15.4 Å². The molecule has 0 heterocycles. The normalized spacial score (nSPS) is 13.4. The lowest BCUT2D eigenvalue weighted by atomic mass is 9.92. The second-order valence-electron chi connectivity index (χ2n) is 7.22. The molecule has 30 heavy (non-hydrogen) atoms. The van der Waals surface area contributed by atoms with Crippen LogP contribution in [0.5, 0.6) is 0 Å². The number of ether oxygens (including phenoxy) is 2. The number of alkyl carbamates (subject to hydrolysis) is 1. The summed E-state index contributed by atoms with van der Waals surface area (Å²) in [5.41, 5.74) is 0.575. The van der Waals surface area contributed by atoms with Crippen molar-refractivity contribution in [2.45, 2.75) is 44.9 Å². The summed E-state index contributed by atoms with van der Waals surface area (Å²) in [6.07, 6.45) is 0.156. The number of carbonyl (C=O) groups is 3. The number of rotatable bonds is 9. The Balaban J connectivity index is 2.07. The average molecular weight is 412 g/mol. The first-order valence-corrected chi connectivity index (χ1v) is 9.75. The fraction of sp³-hybridized carbons (Fsp3) is 0.348. The highest BCUT2D eigenvalue weighted by Crippen LogP contribution is 2.16. The molecule has 0 fully saturated rings. The lowest BCUT2D eigenvalue weighted by molar-refractivity contribution is -0.145. The molecule has 2 rings (SSSR count). The van der Waals surface area contributed by atoms with E-state index in [1.165, 1.54) is 14.0 Å². The Kier molecular flexibility index (Phi) is 8.41. The maximum atomic E-state index is 12.9. The molecule has 0 unspecified atom stereocenters. The van der Waals surface area contributed by atoms with Crippen LogP contribution in [0.4, 0.5) is 4.79 Å². The standard InChI is InChI=1S/C23H28N2O5/c1-17(20(26)29-3)24-21(27)23(2,15-14-18-10-6-4-7-11-18)25-22(28)30-16-19-12-8-5-9-13-19/h4-13,17H,14-16H2,1-3H3,(H,24,27)(H,25,28)/t17-,23-/m1/s1. The van der Waals surface area contributed by atoms with Gasteiger partial charge in [-0.15, -0.1) is 0 Å². The van der Waals surface area contributed by atoms with Gasteiger partial charge < -0.3 is 20.1 Å². The van der Waals surface area contributed by atoms with Gasteiger partial charge in [0.15, 0.2) is 0 Å². The van der Waals surface area contributed by atoms with E-state index in [9.17, 15) is 14.4 Å². The van der Waals surface area contributed by atoms with E-state index in [0.29, 0.717) is 12.8 Å². The van der Waals surface area contributed by atoms with Crippen molar-refractivity contribution in [3.05, 3.63) is 71.8 Å². The van der Waals surface area contributed by atoms with Crippen LogP contribution in [0.1, 0.15) is 31.4 Å². The molecule has 0 aromatic heterocycles. The summed E-state index contributed by atoms with van der Waals surface area (Å²) in [6, 6.07) is 18.0. The maximum absolute atomic E-state index is 12.9. The quantitative estimate of drug-likeness (QED) is 0.618. The molecule has 0 aliphatic rings. The summed E-state index contributed by atoms with van der Waals surface area (Å²) in [4.78, 5) is 37.0. The summed E-state index contributed by atoms with van der Waals surface area (Å²) in [5, 5.41) is 5.27. The SMILES string of the molecule is COC(=O)[C@@H](C)NC(=O)[C@@](C)(CCc1ccccc1)NC(=O)OCc1ccccc1. The number of aryl methyl sites for hydroxylation is 1. The minimum atomic E-state index is -1.29.